The molecule has 2 aromatic carbocycles. The first-order chi connectivity index (χ1) is 20.4. The van der Waals surface area contributed by atoms with Crippen molar-refractivity contribution in [2.75, 3.05) is 48.1 Å². The smallest absolute Gasteiger partial charge is 0.344 e. The molecule has 3 aliphatic rings. The molecule has 0 unspecified atom stereocenters. The lowest BCUT2D eigenvalue weighted by Crippen LogP contribution is -2.58. The molecular formula is C32H38N2O8. The van der Waals surface area contributed by atoms with Gasteiger partial charge in [-0.25, -0.2) is 4.79 Å². The van der Waals surface area contributed by atoms with Crippen molar-refractivity contribution in [1.82, 2.24) is 9.88 Å². The predicted octanol–water partition coefficient (Wildman–Crippen LogP) is 3.92. The molecule has 1 saturated heterocycles. The third kappa shape index (κ3) is 5.18. The monoisotopic (exact) mass is 578 g/mol. The average Bonchev–Trinajstić information content (AvgIpc) is 3.40. The minimum absolute atomic E-state index is 0.0149. The number of esters is 2. The molecule has 1 aliphatic carbocycles. The van der Waals surface area contributed by atoms with E-state index in [-0.39, 0.29) is 30.5 Å². The summed E-state index contributed by atoms with van der Waals surface area (Å²) in [6.45, 7) is 1.48. The summed E-state index contributed by atoms with van der Waals surface area (Å²) < 4.78 is 33.4. The summed E-state index contributed by atoms with van der Waals surface area (Å²) in [5.74, 6) is 0.800. The van der Waals surface area contributed by atoms with E-state index in [1.807, 2.05) is 12.1 Å². The summed E-state index contributed by atoms with van der Waals surface area (Å²) in [6.07, 6.45) is 1.11. The number of hydrogen-bond acceptors (Lipinski definition) is 9. The highest BCUT2D eigenvalue weighted by Crippen LogP contribution is 2.50. The number of nitrogens with one attached hydrogen (secondary N) is 1. The van der Waals surface area contributed by atoms with Gasteiger partial charge >= 0.3 is 11.9 Å². The molecule has 6 rings (SSSR count). The van der Waals surface area contributed by atoms with Crippen LogP contribution in [0.3, 0.4) is 0 Å². The van der Waals surface area contributed by atoms with Crippen LogP contribution in [0.15, 0.2) is 42.5 Å². The Morgan fingerprint density at radius 1 is 0.952 bits per heavy atom. The highest BCUT2D eigenvalue weighted by Gasteiger charge is 2.54. The van der Waals surface area contributed by atoms with E-state index in [4.69, 9.17) is 28.4 Å². The number of nitrogens with zero attached hydrogens (tertiary/aromatic N) is 1. The Morgan fingerprint density at radius 2 is 1.69 bits per heavy atom. The van der Waals surface area contributed by atoms with E-state index in [9.17, 15) is 9.59 Å². The van der Waals surface area contributed by atoms with Crippen molar-refractivity contribution in [3.05, 3.63) is 53.7 Å². The van der Waals surface area contributed by atoms with Crippen LogP contribution in [-0.4, -0.2) is 82.2 Å². The van der Waals surface area contributed by atoms with Crippen LogP contribution in [0.5, 0.6) is 17.2 Å². The van der Waals surface area contributed by atoms with Crippen LogP contribution < -0.4 is 14.2 Å². The summed E-state index contributed by atoms with van der Waals surface area (Å²) in [5, 5.41) is 1.22. The minimum Gasteiger partial charge on any atom is -0.497 e. The number of methoxy groups -OCH3 is 4. The van der Waals surface area contributed by atoms with Crippen molar-refractivity contribution in [2.24, 2.45) is 17.8 Å². The van der Waals surface area contributed by atoms with Gasteiger partial charge < -0.3 is 33.4 Å². The van der Waals surface area contributed by atoms with Gasteiger partial charge in [0.05, 0.1) is 33.3 Å². The number of H-pyrrole nitrogens is 1. The number of aromatic amines is 1. The van der Waals surface area contributed by atoms with Gasteiger partial charge in [0.25, 0.3) is 0 Å². The topological polar surface area (TPSA) is 109 Å². The van der Waals surface area contributed by atoms with Gasteiger partial charge in [-0.3, -0.25) is 9.69 Å². The predicted molar refractivity (Wildman–Crippen MR) is 154 cm³/mol. The second kappa shape index (κ2) is 11.9. The fourth-order valence-electron chi connectivity index (χ4n) is 7.37. The quantitative estimate of drug-likeness (QED) is 0.398. The van der Waals surface area contributed by atoms with Crippen molar-refractivity contribution in [2.45, 2.75) is 37.5 Å². The maximum absolute atomic E-state index is 13.3. The summed E-state index contributed by atoms with van der Waals surface area (Å²) in [7, 11) is 6.23. The van der Waals surface area contributed by atoms with Crippen molar-refractivity contribution in [1.29, 1.82) is 0 Å². The van der Waals surface area contributed by atoms with E-state index in [1.54, 1.807) is 45.6 Å². The number of aromatic nitrogens is 1. The Bertz CT molecular complexity index is 1440. The van der Waals surface area contributed by atoms with Crippen LogP contribution in [0.1, 0.15) is 30.1 Å². The molecule has 1 saturated carbocycles. The number of fused-ring (bicyclic) bond motifs is 6. The van der Waals surface area contributed by atoms with E-state index < -0.39 is 24.1 Å². The molecule has 1 N–H and O–H groups in total. The van der Waals surface area contributed by atoms with Crippen LogP contribution in [0.25, 0.3) is 10.9 Å². The maximum Gasteiger partial charge on any atom is 0.344 e. The fourth-order valence-corrected chi connectivity index (χ4v) is 7.37. The van der Waals surface area contributed by atoms with Gasteiger partial charge in [0, 0.05) is 42.9 Å². The van der Waals surface area contributed by atoms with Gasteiger partial charge in [0.1, 0.15) is 29.5 Å². The number of benzene rings is 2. The third-order valence-corrected chi connectivity index (χ3v) is 9.30. The van der Waals surface area contributed by atoms with E-state index in [0.29, 0.717) is 17.9 Å². The summed E-state index contributed by atoms with van der Waals surface area (Å²) >= 11 is 0. The second-order valence-corrected chi connectivity index (χ2v) is 11.3. The molecular weight excluding hydrogens is 540 g/mol. The van der Waals surface area contributed by atoms with Crippen LogP contribution in [0.4, 0.5) is 0 Å². The van der Waals surface area contributed by atoms with E-state index in [1.165, 1.54) is 23.8 Å². The standard InChI is InChI=1S/C32H38N2O8/c1-37-19-5-7-20(8-6-19)41-17-28(35)42-27-13-18-16-34-12-11-23-22-10-9-21(38-2)14-25(22)33-30(23)26(34)15-24(18)29(31(27)39-3)32(36)40-4/h5-10,14,18,24,26-27,29,31,33H,11-13,15-17H2,1-4H3/t18-,24+,26-,27+,29-,31+/m1/s1. The maximum atomic E-state index is 13.3. The molecule has 10 nitrogen and oxygen atoms in total. The average molecular weight is 579 g/mol. The third-order valence-electron chi connectivity index (χ3n) is 9.30. The normalized spacial score (nSPS) is 26.9. The van der Waals surface area contributed by atoms with Crippen LogP contribution in [-0.2, 0) is 30.2 Å². The summed E-state index contributed by atoms with van der Waals surface area (Å²) in [5.41, 5.74) is 3.62. The van der Waals surface area contributed by atoms with Gasteiger partial charge in [0.15, 0.2) is 6.61 Å². The van der Waals surface area contributed by atoms with Gasteiger partial charge in [0.2, 0.25) is 0 Å². The number of carbonyl (C=O) groups is 2. The first-order valence-electron chi connectivity index (χ1n) is 14.4. The van der Waals surface area contributed by atoms with Crippen LogP contribution in [0, 0.1) is 17.8 Å². The first-order valence-corrected chi connectivity index (χ1v) is 14.4. The van der Waals surface area contributed by atoms with E-state index >= 15 is 0 Å². The molecule has 3 heterocycles. The Morgan fingerprint density at radius 3 is 2.40 bits per heavy atom. The number of rotatable bonds is 8. The molecule has 0 spiro atoms. The van der Waals surface area contributed by atoms with Crippen molar-refractivity contribution >= 4 is 22.8 Å². The Labute approximate surface area is 245 Å². The van der Waals surface area contributed by atoms with Gasteiger partial charge in [-0.15, -0.1) is 0 Å². The van der Waals surface area contributed by atoms with E-state index in [0.717, 1.165) is 37.2 Å². The van der Waals surface area contributed by atoms with Gasteiger partial charge in [-0.05, 0) is 73.1 Å². The molecule has 0 bridgehead atoms. The Kier molecular flexibility index (Phi) is 8.00. The van der Waals surface area contributed by atoms with Gasteiger partial charge in [-0.2, -0.15) is 0 Å². The molecule has 3 aromatic rings. The van der Waals surface area contributed by atoms with Gasteiger partial charge in [-0.1, -0.05) is 0 Å². The van der Waals surface area contributed by atoms with Crippen LogP contribution in [0.2, 0.25) is 0 Å². The van der Waals surface area contributed by atoms with Crippen molar-refractivity contribution in [3.8, 4) is 17.2 Å². The summed E-state index contributed by atoms with van der Waals surface area (Å²) in [6, 6.07) is 13.3. The molecule has 224 valence electrons. The lowest BCUT2D eigenvalue weighted by atomic mass is 9.64. The Hall–Kier alpha value is -3.76. The zero-order valence-electron chi connectivity index (χ0n) is 24.5. The number of ether oxygens (including phenoxy) is 6. The molecule has 10 heteroatoms. The molecule has 6 atom stereocenters. The SMILES string of the molecule is COC(=O)[C@@H]1[C@H]2C[C@@H]3c4[nH]c5cc(OC)ccc5c4CCN3C[C@H]2C[C@H](OC(=O)COc2ccc(OC)cc2)[C@@H]1OC. The number of hydrogen-bond donors (Lipinski definition) is 1. The number of piperidine rings is 1. The zero-order chi connectivity index (χ0) is 29.4. The zero-order valence-corrected chi connectivity index (χ0v) is 24.5. The highest BCUT2D eigenvalue weighted by molar-refractivity contribution is 5.86. The van der Waals surface area contributed by atoms with E-state index in [2.05, 4.69) is 16.0 Å². The molecule has 1 aromatic heterocycles. The Balaban J connectivity index is 1.21. The largest absolute Gasteiger partial charge is 0.497 e. The second-order valence-electron chi connectivity index (χ2n) is 11.3. The van der Waals surface area contributed by atoms with Crippen LogP contribution >= 0.6 is 0 Å². The first kappa shape index (κ1) is 28.4. The molecule has 42 heavy (non-hydrogen) atoms. The molecule has 2 aliphatic heterocycles. The highest BCUT2D eigenvalue weighted by atomic mass is 16.6. The lowest BCUT2D eigenvalue weighted by molar-refractivity contribution is -0.190. The fraction of sp³-hybridized carbons (Fsp3) is 0.500. The van der Waals surface area contributed by atoms with Crippen molar-refractivity contribution < 1.29 is 38.0 Å². The number of carbonyl (C=O) groups excluding carboxylic acids is 2. The minimum atomic E-state index is -0.620. The summed E-state index contributed by atoms with van der Waals surface area (Å²) in [4.78, 5) is 32.4. The molecule has 0 radical (unpaired) electrons. The molecule has 2 fully saturated rings. The van der Waals surface area contributed by atoms with Crippen molar-refractivity contribution in [3.63, 3.8) is 0 Å². The molecule has 0 amide bonds. The lowest BCUT2D eigenvalue weighted by Gasteiger charge is -2.52.